The van der Waals surface area contributed by atoms with Crippen molar-refractivity contribution < 1.29 is 0 Å². The van der Waals surface area contributed by atoms with Gasteiger partial charge in [0, 0.05) is 31.1 Å². The minimum Gasteiger partial charge on any atom is -0.326 e. The van der Waals surface area contributed by atoms with Crippen molar-refractivity contribution in [3.8, 4) is 0 Å². The third-order valence-corrected chi connectivity index (χ3v) is 4.67. The minimum atomic E-state index is 0.157. The van der Waals surface area contributed by atoms with Crippen LogP contribution in [0.4, 0.5) is 0 Å². The molecular formula is C20H24N2. The molecular weight excluding hydrogens is 268 g/mol. The first-order valence-electron chi connectivity index (χ1n) is 7.99. The monoisotopic (exact) mass is 292 g/mol. The van der Waals surface area contributed by atoms with Crippen LogP contribution in [0.3, 0.4) is 0 Å². The van der Waals surface area contributed by atoms with Gasteiger partial charge in [0.2, 0.25) is 0 Å². The van der Waals surface area contributed by atoms with Crippen LogP contribution in [0, 0.1) is 0 Å². The van der Waals surface area contributed by atoms with Crippen LogP contribution in [-0.2, 0) is 6.54 Å². The molecule has 2 aromatic rings. The van der Waals surface area contributed by atoms with Crippen LogP contribution in [0.15, 0.2) is 73.3 Å². The molecule has 2 nitrogen and oxygen atoms in total. The van der Waals surface area contributed by atoms with E-state index in [0.717, 1.165) is 19.5 Å². The number of rotatable bonds is 5. The van der Waals surface area contributed by atoms with Crippen LogP contribution < -0.4 is 5.73 Å². The Balaban J connectivity index is 1.81. The van der Waals surface area contributed by atoms with Crippen molar-refractivity contribution in [1.82, 2.24) is 4.90 Å². The molecule has 0 spiro atoms. The second-order valence-corrected chi connectivity index (χ2v) is 6.10. The van der Waals surface area contributed by atoms with E-state index in [1.54, 1.807) is 0 Å². The summed E-state index contributed by atoms with van der Waals surface area (Å²) in [6.45, 7) is 5.88. The Morgan fingerprint density at radius 3 is 2.32 bits per heavy atom. The first-order chi connectivity index (χ1) is 10.8. The molecule has 2 heteroatoms. The van der Waals surface area contributed by atoms with Crippen molar-refractivity contribution >= 4 is 0 Å². The highest BCUT2D eigenvalue weighted by Gasteiger charge is 2.39. The summed E-state index contributed by atoms with van der Waals surface area (Å²) in [6.07, 6.45) is 2.94. The van der Waals surface area contributed by atoms with E-state index in [9.17, 15) is 0 Å². The van der Waals surface area contributed by atoms with Gasteiger partial charge in [0.1, 0.15) is 0 Å². The maximum absolute atomic E-state index is 6.60. The maximum Gasteiger partial charge on any atom is 0.0291 e. The quantitative estimate of drug-likeness (QED) is 0.854. The SMILES string of the molecule is C=CC[C@H]1[C@H](N)[C@H](c2ccccc2)CN1Cc1ccccc1. The fourth-order valence-corrected chi connectivity index (χ4v) is 3.53. The van der Waals surface area contributed by atoms with Gasteiger partial charge in [-0.15, -0.1) is 6.58 Å². The highest BCUT2D eigenvalue weighted by molar-refractivity contribution is 5.25. The summed E-state index contributed by atoms with van der Waals surface area (Å²) in [5.74, 6) is 0.398. The number of nitrogens with zero attached hydrogens (tertiary/aromatic N) is 1. The van der Waals surface area contributed by atoms with Crippen LogP contribution in [0.5, 0.6) is 0 Å². The summed E-state index contributed by atoms with van der Waals surface area (Å²) in [4.78, 5) is 2.51. The molecule has 0 aliphatic carbocycles. The molecule has 3 atom stereocenters. The Kier molecular flexibility index (Phi) is 4.71. The van der Waals surface area contributed by atoms with E-state index in [0.29, 0.717) is 12.0 Å². The number of hydrogen-bond acceptors (Lipinski definition) is 2. The smallest absolute Gasteiger partial charge is 0.0291 e. The lowest BCUT2D eigenvalue weighted by Gasteiger charge is -2.25. The summed E-state index contributed by atoms with van der Waals surface area (Å²) >= 11 is 0. The minimum absolute atomic E-state index is 0.157. The Morgan fingerprint density at radius 2 is 1.68 bits per heavy atom. The van der Waals surface area contributed by atoms with Gasteiger partial charge in [-0.3, -0.25) is 4.90 Å². The van der Waals surface area contributed by atoms with E-state index >= 15 is 0 Å². The molecule has 22 heavy (non-hydrogen) atoms. The Bertz CT molecular complexity index is 594. The van der Waals surface area contributed by atoms with Gasteiger partial charge in [-0.05, 0) is 17.5 Å². The number of benzene rings is 2. The van der Waals surface area contributed by atoms with Gasteiger partial charge >= 0.3 is 0 Å². The van der Waals surface area contributed by atoms with Gasteiger partial charge in [0.25, 0.3) is 0 Å². The summed E-state index contributed by atoms with van der Waals surface area (Å²) in [5.41, 5.74) is 9.29. The lowest BCUT2D eigenvalue weighted by atomic mass is 9.91. The molecule has 2 aromatic carbocycles. The molecule has 114 valence electrons. The third kappa shape index (κ3) is 3.13. The van der Waals surface area contributed by atoms with Gasteiger partial charge in [0.15, 0.2) is 0 Å². The first kappa shape index (κ1) is 15.0. The van der Waals surface area contributed by atoms with E-state index in [2.05, 4.69) is 72.1 Å². The Labute approximate surface area is 133 Å². The molecule has 3 rings (SSSR count). The van der Waals surface area contributed by atoms with Gasteiger partial charge in [-0.1, -0.05) is 66.7 Å². The molecule has 1 fully saturated rings. The maximum atomic E-state index is 6.60. The van der Waals surface area contributed by atoms with E-state index < -0.39 is 0 Å². The predicted molar refractivity (Wildman–Crippen MR) is 92.6 cm³/mol. The van der Waals surface area contributed by atoms with Crippen LogP contribution in [0.25, 0.3) is 0 Å². The Morgan fingerprint density at radius 1 is 1.05 bits per heavy atom. The van der Waals surface area contributed by atoms with Crippen molar-refractivity contribution in [3.05, 3.63) is 84.4 Å². The second-order valence-electron chi connectivity index (χ2n) is 6.10. The van der Waals surface area contributed by atoms with E-state index in [1.165, 1.54) is 11.1 Å². The topological polar surface area (TPSA) is 29.3 Å². The zero-order valence-corrected chi connectivity index (χ0v) is 12.9. The number of nitrogens with two attached hydrogens (primary N) is 1. The van der Waals surface area contributed by atoms with E-state index in [4.69, 9.17) is 5.73 Å². The van der Waals surface area contributed by atoms with Crippen LogP contribution >= 0.6 is 0 Å². The standard InChI is InChI=1S/C20H24N2/c1-2-9-19-20(21)18(17-12-7-4-8-13-17)15-22(19)14-16-10-5-3-6-11-16/h2-8,10-13,18-20H,1,9,14-15,21H2/t18-,19-,20+/m0/s1. The zero-order chi connectivity index (χ0) is 15.4. The van der Waals surface area contributed by atoms with Crippen molar-refractivity contribution in [2.24, 2.45) is 5.73 Å². The molecule has 2 N–H and O–H groups in total. The highest BCUT2D eigenvalue weighted by atomic mass is 15.2. The molecule has 1 saturated heterocycles. The van der Waals surface area contributed by atoms with Crippen LogP contribution in [-0.4, -0.2) is 23.5 Å². The fourth-order valence-electron chi connectivity index (χ4n) is 3.53. The van der Waals surface area contributed by atoms with Crippen molar-refractivity contribution in [2.45, 2.75) is 31.0 Å². The molecule has 1 heterocycles. The summed E-state index contributed by atoms with van der Waals surface area (Å²) in [6, 6.07) is 21.8. The van der Waals surface area contributed by atoms with Crippen molar-refractivity contribution in [3.63, 3.8) is 0 Å². The average Bonchev–Trinajstić information content (AvgIpc) is 2.86. The van der Waals surface area contributed by atoms with Crippen molar-refractivity contribution in [2.75, 3.05) is 6.54 Å². The molecule has 0 aromatic heterocycles. The molecule has 1 aliphatic heterocycles. The largest absolute Gasteiger partial charge is 0.326 e. The first-order valence-corrected chi connectivity index (χ1v) is 7.99. The van der Waals surface area contributed by atoms with Gasteiger partial charge in [-0.2, -0.15) is 0 Å². The molecule has 0 unspecified atom stereocenters. The molecule has 0 radical (unpaired) electrons. The van der Waals surface area contributed by atoms with Crippen LogP contribution in [0.2, 0.25) is 0 Å². The van der Waals surface area contributed by atoms with Crippen LogP contribution in [0.1, 0.15) is 23.5 Å². The normalized spacial score (nSPS) is 25.2. The third-order valence-electron chi connectivity index (χ3n) is 4.67. The fraction of sp³-hybridized carbons (Fsp3) is 0.300. The molecule has 0 saturated carbocycles. The molecule has 1 aliphatic rings. The average molecular weight is 292 g/mol. The van der Waals surface area contributed by atoms with Gasteiger partial charge in [0.05, 0.1) is 0 Å². The number of likely N-dealkylation sites (tertiary alicyclic amines) is 1. The van der Waals surface area contributed by atoms with E-state index in [-0.39, 0.29) is 6.04 Å². The molecule has 0 bridgehead atoms. The van der Waals surface area contributed by atoms with E-state index in [1.807, 2.05) is 6.08 Å². The van der Waals surface area contributed by atoms with Gasteiger partial charge < -0.3 is 5.73 Å². The summed E-state index contributed by atoms with van der Waals surface area (Å²) < 4.78 is 0. The lowest BCUT2D eigenvalue weighted by Crippen LogP contribution is -2.39. The molecule has 0 amide bonds. The van der Waals surface area contributed by atoms with Gasteiger partial charge in [-0.25, -0.2) is 0 Å². The summed E-state index contributed by atoms with van der Waals surface area (Å²) in [5, 5.41) is 0. The predicted octanol–water partition coefficient (Wildman–Crippen LogP) is 3.56. The summed E-state index contributed by atoms with van der Waals surface area (Å²) in [7, 11) is 0. The van der Waals surface area contributed by atoms with Crippen molar-refractivity contribution in [1.29, 1.82) is 0 Å². The zero-order valence-electron chi connectivity index (χ0n) is 12.9. The lowest BCUT2D eigenvalue weighted by molar-refractivity contribution is 0.237. The number of hydrogen-bond donors (Lipinski definition) is 1. The second kappa shape index (κ2) is 6.91. The Hall–Kier alpha value is -1.90. The highest BCUT2D eigenvalue weighted by Crippen LogP contribution is 2.33.